The van der Waals surface area contributed by atoms with Crippen LogP contribution in [0.1, 0.15) is 17.1 Å². The number of nitrogens with zero attached hydrogens (tertiary/aromatic N) is 2. The van der Waals surface area contributed by atoms with Gasteiger partial charge in [0.1, 0.15) is 11.5 Å². The molecule has 3 aromatic rings. The fourth-order valence-corrected chi connectivity index (χ4v) is 2.48. The molecule has 3 nitrogen and oxygen atoms in total. The normalized spacial score (nSPS) is 11.6. The standard InChI is InChI=1S/C19H14Cl2N2O/c20-15-4-1-3-14(9-15)11-22-12-18-7-8-19(24-18)13-23-17-6-2-5-16(21)10-17/h1-10,12-13H,11H2. The van der Waals surface area contributed by atoms with Gasteiger partial charge >= 0.3 is 0 Å². The molecule has 0 radical (unpaired) electrons. The highest BCUT2D eigenvalue weighted by Gasteiger charge is 1.98. The number of furan rings is 1. The number of hydrogen-bond acceptors (Lipinski definition) is 3. The minimum absolute atomic E-state index is 0.549. The summed E-state index contributed by atoms with van der Waals surface area (Å²) in [5.41, 5.74) is 1.82. The summed E-state index contributed by atoms with van der Waals surface area (Å²) in [6, 6.07) is 18.6. The van der Waals surface area contributed by atoms with Gasteiger partial charge in [0.05, 0.1) is 24.7 Å². The van der Waals surface area contributed by atoms with E-state index >= 15 is 0 Å². The van der Waals surface area contributed by atoms with Gasteiger partial charge in [0.25, 0.3) is 0 Å². The topological polar surface area (TPSA) is 37.9 Å². The molecule has 24 heavy (non-hydrogen) atoms. The molecule has 1 aromatic heterocycles. The lowest BCUT2D eigenvalue weighted by atomic mass is 10.2. The van der Waals surface area contributed by atoms with Crippen molar-refractivity contribution in [2.24, 2.45) is 9.98 Å². The van der Waals surface area contributed by atoms with Crippen molar-refractivity contribution in [2.75, 3.05) is 0 Å². The van der Waals surface area contributed by atoms with E-state index in [-0.39, 0.29) is 0 Å². The Morgan fingerprint density at radius 2 is 1.54 bits per heavy atom. The van der Waals surface area contributed by atoms with E-state index in [1.54, 1.807) is 18.5 Å². The number of aliphatic imine (C=N–C) groups is 2. The van der Waals surface area contributed by atoms with Crippen LogP contribution in [0.3, 0.4) is 0 Å². The number of halogens is 2. The van der Waals surface area contributed by atoms with E-state index in [2.05, 4.69) is 9.98 Å². The Morgan fingerprint density at radius 1 is 0.833 bits per heavy atom. The van der Waals surface area contributed by atoms with Crippen molar-refractivity contribution in [1.82, 2.24) is 0 Å². The van der Waals surface area contributed by atoms with Crippen molar-refractivity contribution < 1.29 is 4.42 Å². The Morgan fingerprint density at radius 3 is 2.29 bits per heavy atom. The van der Waals surface area contributed by atoms with Crippen LogP contribution in [0.15, 0.2) is 75.1 Å². The molecule has 0 N–H and O–H groups in total. The highest BCUT2D eigenvalue weighted by atomic mass is 35.5. The number of benzene rings is 2. The molecule has 120 valence electrons. The molecule has 0 atom stereocenters. The van der Waals surface area contributed by atoms with Crippen LogP contribution in [0.5, 0.6) is 0 Å². The van der Waals surface area contributed by atoms with Gasteiger partial charge in [0, 0.05) is 10.0 Å². The van der Waals surface area contributed by atoms with Gasteiger partial charge in [0.15, 0.2) is 0 Å². The van der Waals surface area contributed by atoms with E-state index in [1.165, 1.54) is 0 Å². The van der Waals surface area contributed by atoms with Gasteiger partial charge in [-0.05, 0) is 48.0 Å². The van der Waals surface area contributed by atoms with Crippen molar-refractivity contribution in [3.63, 3.8) is 0 Å². The van der Waals surface area contributed by atoms with Crippen LogP contribution >= 0.6 is 23.2 Å². The van der Waals surface area contributed by atoms with E-state index in [0.717, 1.165) is 11.3 Å². The van der Waals surface area contributed by atoms with Gasteiger partial charge < -0.3 is 4.42 Å². The largest absolute Gasteiger partial charge is 0.454 e. The molecule has 0 unspecified atom stereocenters. The third-order valence-electron chi connectivity index (χ3n) is 3.18. The molecule has 0 saturated carbocycles. The second-order valence-corrected chi connectivity index (χ2v) is 5.95. The average Bonchev–Trinajstić information content (AvgIpc) is 3.01. The van der Waals surface area contributed by atoms with Crippen molar-refractivity contribution in [3.8, 4) is 0 Å². The summed E-state index contributed by atoms with van der Waals surface area (Å²) in [7, 11) is 0. The minimum Gasteiger partial charge on any atom is -0.454 e. The summed E-state index contributed by atoms with van der Waals surface area (Å²) in [6.07, 6.45) is 3.34. The predicted octanol–water partition coefficient (Wildman–Crippen LogP) is 5.96. The average molecular weight is 357 g/mol. The smallest absolute Gasteiger partial charge is 0.145 e. The third kappa shape index (κ3) is 4.82. The van der Waals surface area contributed by atoms with Crippen LogP contribution in [0.25, 0.3) is 0 Å². The van der Waals surface area contributed by atoms with Crippen LogP contribution in [-0.4, -0.2) is 12.4 Å². The molecule has 3 rings (SSSR count). The molecular weight excluding hydrogens is 343 g/mol. The molecular formula is C19H14Cl2N2O. The fraction of sp³-hybridized carbons (Fsp3) is 0.0526. The maximum absolute atomic E-state index is 5.95. The molecule has 1 heterocycles. The van der Waals surface area contributed by atoms with Gasteiger partial charge in [-0.2, -0.15) is 0 Å². The molecule has 2 aromatic carbocycles. The highest BCUT2D eigenvalue weighted by Crippen LogP contribution is 2.18. The van der Waals surface area contributed by atoms with Gasteiger partial charge in [-0.15, -0.1) is 0 Å². The lowest BCUT2D eigenvalue weighted by molar-refractivity contribution is 0.553. The summed E-state index contributed by atoms with van der Waals surface area (Å²) >= 11 is 11.9. The molecule has 0 aliphatic carbocycles. The van der Waals surface area contributed by atoms with Crippen LogP contribution in [0, 0.1) is 0 Å². The number of hydrogen-bond donors (Lipinski definition) is 0. The molecule has 0 bridgehead atoms. The second kappa shape index (κ2) is 7.95. The van der Waals surface area contributed by atoms with Crippen LogP contribution < -0.4 is 0 Å². The van der Waals surface area contributed by atoms with E-state index in [9.17, 15) is 0 Å². The summed E-state index contributed by atoms with van der Waals surface area (Å²) in [5, 5.41) is 1.36. The van der Waals surface area contributed by atoms with Crippen molar-refractivity contribution in [2.45, 2.75) is 6.54 Å². The minimum atomic E-state index is 0.549. The number of rotatable bonds is 5. The van der Waals surface area contributed by atoms with Crippen LogP contribution in [0.4, 0.5) is 5.69 Å². The van der Waals surface area contributed by atoms with Crippen molar-refractivity contribution in [3.05, 3.63) is 87.8 Å². The zero-order valence-corrected chi connectivity index (χ0v) is 14.2. The first-order valence-corrected chi connectivity index (χ1v) is 8.08. The zero-order chi connectivity index (χ0) is 16.8. The SMILES string of the molecule is Clc1cccc(CN=Cc2ccc(C=Nc3cccc(Cl)c3)o2)c1. The van der Waals surface area contributed by atoms with Gasteiger partial charge in [-0.1, -0.05) is 41.4 Å². The van der Waals surface area contributed by atoms with Crippen molar-refractivity contribution in [1.29, 1.82) is 0 Å². The molecule has 0 amide bonds. The van der Waals surface area contributed by atoms with Crippen LogP contribution in [-0.2, 0) is 6.54 Å². The zero-order valence-electron chi connectivity index (χ0n) is 12.7. The van der Waals surface area contributed by atoms with E-state index in [4.69, 9.17) is 27.6 Å². The van der Waals surface area contributed by atoms with E-state index in [0.29, 0.717) is 28.1 Å². The Labute approximate surface area is 150 Å². The van der Waals surface area contributed by atoms with Crippen LogP contribution in [0.2, 0.25) is 10.0 Å². The van der Waals surface area contributed by atoms with Crippen molar-refractivity contribution >= 4 is 41.3 Å². The molecule has 0 spiro atoms. The van der Waals surface area contributed by atoms with Gasteiger partial charge in [-0.25, -0.2) is 0 Å². The van der Waals surface area contributed by atoms with E-state index < -0.39 is 0 Å². The Hall–Kier alpha value is -2.36. The first-order chi connectivity index (χ1) is 11.7. The predicted molar refractivity (Wildman–Crippen MR) is 100 cm³/mol. The lowest BCUT2D eigenvalue weighted by Crippen LogP contribution is -1.83. The third-order valence-corrected chi connectivity index (χ3v) is 3.65. The molecule has 0 aliphatic rings. The summed E-state index contributed by atoms with van der Waals surface area (Å²) in [5.74, 6) is 1.32. The monoisotopic (exact) mass is 356 g/mol. The molecule has 0 saturated heterocycles. The summed E-state index contributed by atoms with van der Waals surface area (Å²) in [4.78, 5) is 8.68. The summed E-state index contributed by atoms with van der Waals surface area (Å²) < 4.78 is 5.64. The first kappa shape index (κ1) is 16.5. The second-order valence-electron chi connectivity index (χ2n) is 5.08. The van der Waals surface area contributed by atoms with E-state index in [1.807, 2.05) is 54.6 Å². The molecule has 0 fully saturated rings. The molecule has 0 aliphatic heterocycles. The quantitative estimate of drug-likeness (QED) is 0.520. The maximum atomic E-state index is 5.95. The van der Waals surface area contributed by atoms with Gasteiger partial charge in [0.2, 0.25) is 0 Å². The van der Waals surface area contributed by atoms with Gasteiger partial charge in [-0.3, -0.25) is 9.98 Å². The highest BCUT2D eigenvalue weighted by molar-refractivity contribution is 6.31. The Bertz CT molecular complexity index is 884. The summed E-state index contributed by atoms with van der Waals surface area (Å²) in [6.45, 7) is 0.549. The fourth-order valence-electron chi connectivity index (χ4n) is 2.08. The Balaban J connectivity index is 1.62. The lowest BCUT2D eigenvalue weighted by Gasteiger charge is -1.96. The maximum Gasteiger partial charge on any atom is 0.145 e. The molecule has 5 heteroatoms. The Kier molecular flexibility index (Phi) is 5.47. The first-order valence-electron chi connectivity index (χ1n) is 7.33.